The number of para-hydroxylation sites is 1. The van der Waals surface area contributed by atoms with Crippen LogP contribution in [-0.2, 0) is 20.0 Å². The number of sulfonamides is 2. The highest BCUT2D eigenvalue weighted by Crippen LogP contribution is 2.27. The van der Waals surface area contributed by atoms with E-state index in [-0.39, 0.29) is 21.2 Å². The van der Waals surface area contributed by atoms with Gasteiger partial charge < -0.3 is 4.74 Å². The number of methoxy groups -OCH3 is 1. The first kappa shape index (κ1) is 20.6. The van der Waals surface area contributed by atoms with E-state index in [9.17, 15) is 21.2 Å². The van der Waals surface area contributed by atoms with Gasteiger partial charge in [-0.15, -0.1) is 0 Å². The van der Waals surface area contributed by atoms with Crippen molar-refractivity contribution in [2.24, 2.45) is 0 Å². The third-order valence-corrected chi connectivity index (χ3v) is 6.66. The zero-order chi connectivity index (χ0) is 21.1. The van der Waals surface area contributed by atoms with Crippen molar-refractivity contribution >= 4 is 31.4 Å². The monoisotopic (exact) mass is 436 g/mol. The Morgan fingerprint density at radius 2 is 1.34 bits per heavy atom. The summed E-state index contributed by atoms with van der Waals surface area (Å²) in [6.45, 7) is 0. The van der Waals surface area contributed by atoms with E-state index < -0.39 is 25.9 Å². The minimum Gasteiger partial charge on any atom is -0.495 e. The van der Waals surface area contributed by atoms with E-state index >= 15 is 0 Å². The molecule has 0 atom stereocenters. The molecule has 152 valence electrons. The summed E-state index contributed by atoms with van der Waals surface area (Å²) in [5.74, 6) is -0.759. The second kappa shape index (κ2) is 8.10. The highest BCUT2D eigenvalue weighted by molar-refractivity contribution is 7.93. The van der Waals surface area contributed by atoms with Crippen LogP contribution in [0.25, 0.3) is 0 Å². The molecule has 0 saturated carbocycles. The molecule has 0 spiro atoms. The predicted octanol–water partition coefficient (Wildman–Crippen LogP) is 3.44. The van der Waals surface area contributed by atoms with Crippen LogP contribution >= 0.6 is 0 Å². The highest BCUT2D eigenvalue weighted by atomic mass is 32.2. The van der Waals surface area contributed by atoms with Gasteiger partial charge in [0.2, 0.25) is 0 Å². The Kier molecular flexibility index (Phi) is 5.76. The SMILES string of the molecule is COc1ccc(F)cc1S(=O)(=O)Nc1ccc(S(=O)(=O)Nc2ccccc2)cc1. The van der Waals surface area contributed by atoms with Crippen LogP contribution in [0.5, 0.6) is 5.75 Å². The van der Waals surface area contributed by atoms with Gasteiger partial charge in [0.25, 0.3) is 20.0 Å². The lowest BCUT2D eigenvalue weighted by Crippen LogP contribution is -2.15. The minimum atomic E-state index is -4.16. The van der Waals surface area contributed by atoms with Gasteiger partial charge >= 0.3 is 0 Å². The molecule has 0 fully saturated rings. The molecule has 10 heteroatoms. The van der Waals surface area contributed by atoms with Gasteiger partial charge in [0.05, 0.1) is 12.0 Å². The standard InChI is InChI=1S/C19H17FN2O5S2/c1-27-18-12-7-14(20)13-19(18)29(25,26)22-16-8-10-17(11-9-16)28(23,24)21-15-5-3-2-4-6-15/h2-13,21-22H,1H3. The van der Waals surface area contributed by atoms with Crippen molar-refractivity contribution in [2.75, 3.05) is 16.6 Å². The Bertz CT molecular complexity index is 1210. The first-order chi connectivity index (χ1) is 13.7. The fourth-order valence-electron chi connectivity index (χ4n) is 2.49. The maximum atomic E-state index is 13.5. The Hall–Kier alpha value is -3.11. The normalized spacial score (nSPS) is 11.7. The maximum absolute atomic E-state index is 13.5. The third-order valence-electron chi connectivity index (χ3n) is 3.86. The second-order valence-corrected chi connectivity index (χ2v) is 9.23. The summed E-state index contributed by atoms with van der Waals surface area (Å²) in [4.78, 5) is -0.421. The Morgan fingerprint density at radius 3 is 1.97 bits per heavy atom. The number of hydrogen-bond acceptors (Lipinski definition) is 5. The van der Waals surface area contributed by atoms with Crippen LogP contribution in [-0.4, -0.2) is 23.9 Å². The maximum Gasteiger partial charge on any atom is 0.265 e. The van der Waals surface area contributed by atoms with Crippen molar-refractivity contribution in [1.29, 1.82) is 0 Å². The number of rotatable bonds is 7. The van der Waals surface area contributed by atoms with E-state index in [1.165, 1.54) is 37.4 Å². The average molecular weight is 436 g/mol. The van der Waals surface area contributed by atoms with Crippen LogP contribution in [0.15, 0.2) is 82.6 Å². The van der Waals surface area contributed by atoms with Gasteiger partial charge in [-0.2, -0.15) is 0 Å². The van der Waals surface area contributed by atoms with E-state index in [1.54, 1.807) is 30.3 Å². The summed E-state index contributed by atoms with van der Waals surface area (Å²) >= 11 is 0. The molecule has 0 aliphatic carbocycles. The van der Waals surface area contributed by atoms with Crippen molar-refractivity contribution < 1.29 is 26.0 Å². The number of halogens is 1. The van der Waals surface area contributed by atoms with Crippen molar-refractivity contribution in [1.82, 2.24) is 0 Å². The Labute approximate surface area is 168 Å². The second-order valence-electron chi connectivity index (χ2n) is 5.90. The van der Waals surface area contributed by atoms with Crippen LogP contribution in [0.4, 0.5) is 15.8 Å². The lowest BCUT2D eigenvalue weighted by molar-refractivity contribution is 0.401. The van der Waals surface area contributed by atoms with Crippen LogP contribution < -0.4 is 14.2 Å². The molecule has 3 rings (SSSR count). The molecule has 0 saturated heterocycles. The Balaban J connectivity index is 1.83. The fourth-order valence-corrected chi connectivity index (χ4v) is 4.79. The van der Waals surface area contributed by atoms with Crippen LogP contribution in [0, 0.1) is 5.82 Å². The lowest BCUT2D eigenvalue weighted by atomic mass is 10.3. The number of hydrogen-bond donors (Lipinski definition) is 2. The molecular formula is C19H17FN2O5S2. The smallest absolute Gasteiger partial charge is 0.265 e. The van der Waals surface area contributed by atoms with E-state index in [0.29, 0.717) is 5.69 Å². The minimum absolute atomic E-state index is 0.0230. The summed E-state index contributed by atoms with van der Waals surface area (Å²) in [5, 5.41) is 0. The van der Waals surface area contributed by atoms with E-state index in [1.807, 2.05) is 0 Å². The fraction of sp³-hybridized carbons (Fsp3) is 0.0526. The molecule has 0 unspecified atom stereocenters. The molecule has 2 N–H and O–H groups in total. The summed E-state index contributed by atoms with van der Waals surface area (Å²) in [6, 6.07) is 16.6. The molecule has 0 amide bonds. The van der Waals surface area contributed by atoms with Crippen molar-refractivity contribution in [2.45, 2.75) is 9.79 Å². The lowest BCUT2D eigenvalue weighted by Gasteiger charge is -2.12. The first-order valence-electron chi connectivity index (χ1n) is 8.25. The van der Waals surface area contributed by atoms with Crippen molar-refractivity contribution in [3.8, 4) is 5.75 Å². The molecule has 0 heterocycles. The van der Waals surface area contributed by atoms with E-state index in [4.69, 9.17) is 4.74 Å². The van der Waals surface area contributed by atoms with Gasteiger partial charge in [0.15, 0.2) is 0 Å². The Morgan fingerprint density at radius 1 is 0.759 bits per heavy atom. The molecular weight excluding hydrogens is 419 g/mol. The van der Waals surface area contributed by atoms with Crippen LogP contribution in [0.1, 0.15) is 0 Å². The van der Waals surface area contributed by atoms with Crippen LogP contribution in [0.3, 0.4) is 0 Å². The first-order valence-corrected chi connectivity index (χ1v) is 11.2. The predicted molar refractivity (Wildman–Crippen MR) is 107 cm³/mol. The average Bonchev–Trinajstić information content (AvgIpc) is 2.68. The number of anilines is 2. The molecule has 0 bridgehead atoms. The van der Waals surface area contributed by atoms with Gasteiger partial charge in [0.1, 0.15) is 16.5 Å². The van der Waals surface area contributed by atoms with Gasteiger partial charge in [-0.25, -0.2) is 21.2 Å². The van der Waals surface area contributed by atoms with Gasteiger partial charge in [-0.3, -0.25) is 9.44 Å². The summed E-state index contributed by atoms with van der Waals surface area (Å²) in [7, 11) is -6.73. The largest absolute Gasteiger partial charge is 0.495 e. The van der Waals surface area contributed by atoms with Gasteiger partial charge in [-0.1, -0.05) is 18.2 Å². The molecule has 7 nitrogen and oxygen atoms in total. The molecule has 3 aromatic carbocycles. The van der Waals surface area contributed by atoms with Crippen LogP contribution in [0.2, 0.25) is 0 Å². The zero-order valence-corrected chi connectivity index (χ0v) is 16.8. The molecule has 0 aliphatic heterocycles. The summed E-state index contributed by atoms with van der Waals surface area (Å²) in [5.41, 5.74) is 0.505. The van der Waals surface area contributed by atoms with Crippen molar-refractivity contribution in [3.05, 3.63) is 78.6 Å². The summed E-state index contributed by atoms with van der Waals surface area (Å²) < 4.78 is 73.2. The third kappa shape index (κ3) is 4.84. The molecule has 0 radical (unpaired) electrons. The highest BCUT2D eigenvalue weighted by Gasteiger charge is 2.21. The molecule has 3 aromatic rings. The number of nitrogens with one attached hydrogen (secondary N) is 2. The number of benzene rings is 3. The topological polar surface area (TPSA) is 102 Å². The van der Waals surface area contributed by atoms with E-state index in [2.05, 4.69) is 9.44 Å². The summed E-state index contributed by atoms with van der Waals surface area (Å²) in [6.07, 6.45) is 0. The van der Waals surface area contributed by atoms with Gasteiger partial charge in [0, 0.05) is 11.4 Å². The molecule has 0 aromatic heterocycles. The number of ether oxygens (including phenoxy) is 1. The van der Waals surface area contributed by atoms with E-state index in [0.717, 1.165) is 12.1 Å². The molecule has 29 heavy (non-hydrogen) atoms. The van der Waals surface area contributed by atoms with Crippen molar-refractivity contribution in [3.63, 3.8) is 0 Å². The van der Waals surface area contributed by atoms with Gasteiger partial charge in [-0.05, 0) is 54.6 Å². The zero-order valence-electron chi connectivity index (χ0n) is 15.2. The quantitative estimate of drug-likeness (QED) is 0.591. The molecule has 0 aliphatic rings.